The topological polar surface area (TPSA) is 96.4 Å². The Hall–Kier alpha value is -1.93. The zero-order chi connectivity index (χ0) is 14.9. The number of aromatic carboxylic acids is 1. The van der Waals surface area contributed by atoms with Gasteiger partial charge in [0.05, 0.1) is 16.2 Å². The van der Waals surface area contributed by atoms with Gasteiger partial charge in [-0.15, -0.1) is 11.3 Å². The summed E-state index contributed by atoms with van der Waals surface area (Å²) in [5.74, 6) is -1.16. The molecule has 106 valence electrons. The van der Waals surface area contributed by atoms with Gasteiger partial charge in [-0.3, -0.25) is 4.72 Å². The van der Waals surface area contributed by atoms with E-state index in [4.69, 9.17) is 5.11 Å². The zero-order valence-electron chi connectivity index (χ0n) is 10.7. The summed E-state index contributed by atoms with van der Waals surface area (Å²) in [5.41, 5.74) is 0.868. The lowest BCUT2D eigenvalue weighted by atomic mass is 10.1. The molecule has 2 rings (SSSR count). The Balaban J connectivity index is 2.44. The first-order valence-corrected chi connectivity index (χ1v) is 7.95. The van der Waals surface area contributed by atoms with Crippen LogP contribution < -0.4 is 4.72 Å². The van der Waals surface area contributed by atoms with Crippen LogP contribution in [0.25, 0.3) is 0 Å². The summed E-state index contributed by atoms with van der Waals surface area (Å²) in [6.45, 7) is 3.22. The van der Waals surface area contributed by atoms with Gasteiger partial charge in [-0.1, -0.05) is 6.07 Å². The number of aromatic nitrogens is 1. The fraction of sp³-hybridized carbons (Fsp3) is 0.167. The third-order valence-electron chi connectivity index (χ3n) is 2.64. The summed E-state index contributed by atoms with van der Waals surface area (Å²) in [6.07, 6.45) is 0. The normalized spacial score (nSPS) is 11.3. The first-order chi connectivity index (χ1) is 9.31. The molecule has 0 aliphatic carbocycles. The van der Waals surface area contributed by atoms with Crippen molar-refractivity contribution in [3.8, 4) is 0 Å². The van der Waals surface area contributed by atoms with Crippen LogP contribution in [0.1, 0.15) is 21.6 Å². The number of thiazole rings is 1. The smallest absolute Gasteiger partial charge is 0.335 e. The Morgan fingerprint density at radius 3 is 2.60 bits per heavy atom. The van der Waals surface area contributed by atoms with Crippen molar-refractivity contribution >= 4 is 32.5 Å². The van der Waals surface area contributed by atoms with E-state index in [9.17, 15) is 13.2 Å². The fourth-order valence-corrected chi connectivity index (χ4v) is 3.92. The van der Waals surface area contributed by atoms with Gasteiger partial charge >= 0.3 is 5.97 Å². The van der Waals surface area contributed by atoms with Crippen molar-refractivity contribution in [3.05, 3.63) is 40.4 Å². The number of anilines is 1. The quantitative estimate of drug-likeness (QED) is 0.902. The highest BCUT2D eigenvalue weighted by molar-refractivity contribution is 7.93. The number of nitrogens with one attached hydrogen (secondary N) is 1. The van der Waals surface area contributed by atoms with Crippen molar-refractivity contribution < 1.29 is 18.3 Å². The van der Waals surface area contributed by atoms with Gasteiger partial charge in [0.2, 0.25) is 0 Å². The average Bonchev–Trinajstić information content (AvgIpc) is 2.73. The highest BCUT2D eigenvalue weighted by atomic mass is 32.2. The lowest BCUT2D eigenvalue weighted by Gasteiger charge is -2.10. The first kappa shape index (κ1) is 14.5. The number of hydrogen-bond acceptors (Lipinski definition) is 5. The number of hydrogen-bond donors (Lipinski definition) is 2. The summed E-state index contributed by atoms with van der Waals surface area (Å²) in [7, 11) is -3.85. The maximum Gasteiger partial charge on any atom is 0.335 e. The van der Waals surface area contributed by atoms with Crippen LogP contribution in [-0.4, -0.2) is 24.5 Å². The molecular formula is C12H12N2O4S2. The van der Waals surface area contributed by atoms with E-state index in [-0.39, 0.29) is 21.2 Å². The van der Waals surface area contributed by atoms with Gasteiger partial charge in [0, 0.05) is 5.38 Å². The number of benzene rings is 1. The van der Waals surface area contributed by atoms with Crippen LogP contribution >= 0.6 is 11.3 Å². The maximum atomic E-state index is 12.3. The molecule has 2 N–H and O–H groups in total. The molecule has 1 aromatic heterocycles. The van der Waals surface area contributed by atoms with E-state index in [1.165, 1.54) is 36.5 Å². The fourth-order valence-electron chi connectivity index (χ4n) is 1.71. The molecule has 0 unspecified atom stereocenters. The second-order valence-electron chi connectivity index (χ2n) is 4.13. The van der Waals surface area contributed by atoms with Crippen LogP contribution in [0.4, 0.5) is 5.13 Å². The SMILES string of the molecule is Cc1csc(NS(=O)(=O)c2cccc(C(=O)O)c2C)n1. The summed E-state index contributed by atoms with van der Waals surface area (Å²) in [4.78, 5) is 15.0. The third kappa shape index (κ3) is 2.81. The Labute approximate surface area is 120 Å². The number of nitrogens with zero attached hydrogens (tertiary/aromatic N) is 1. The molecule has 0 radical (unpaired) electrons. The molecule has 0 spiro atoms. The van der Waals surface area contributed by atoms with Crippen LogP contribution in [0.2, 0.25) is 0 Å². The number of rotatable bonds is 4. The molecule has 6 nitrogen and oxygen atoms in total. The molecule has 1 heterocycles. The molecule has 0 atom stereocenters. The second kappa shape index (κ2) is 5.22. The molecule has 1 aromatic carbocycles. The lowest BCUT2D eigenvalue weighted by Crippen LogP contribution is -2.15. The largest absolute Gasteiger partial charge is 0.478 e. The van der Waals surface area contributed by atoms with Crippen molar-refractivity contribution in [3.63, 3.8) is 0 Å². The summed E-state index contributed by atoms with van der Waals surface area (Å²) in [5, 5.41) is 11.0. The Morgan fingerprint density at radius 2 is 2.05 bits per heavy atom. The van der Waals surface area contributed by atoms with Crippen LogP contribution in [0.3, 0.4) is 0 Å². The molecular weight excluding hydrogens is 300 g/mol. The van der Waals surface area contributed by atoms with Crippen molar-refractivity contribution in [1.82, 2.24) is 4.98 Å². The van der Waals surface area contributed by atoms with Crippen molar-refractivity contribution in [2.24, 2.45) is 0 Å². The lowest BCUT2D eigenvalue weighted by molar-refractivity contribution is 0.0696. The van der Waals surface area contributed by atoms with Crippen molar-refractivity contribution in [2.75, 3.05) is 4.72 Å². The van der Waals surface area contributed by atoms with Crippen LogP contribution in [0.5, 0.6) is 0 Å². The summed E-state index contributed by atoms with van der Waals surface area (Å²) in [6, 6.07) is 4.13. The molecule has 0 aliphatic heterocycles. The minimum absolute atomic E-state index is 0.0387. The van der Waals surface area contributed by atoms with E-state index in [0.29, 0.717) is 5.69 Å². The molecule has 0 saturated heterocycles. The Kier molecular flexibility index (Phi) is 3.78. The van der Waals surface area contributed by atoms with Crippen LogP contribution in [0.15, 0.2) is 28.5 Å². The minimum Gasteiger partial charge on any atom is -0.478 e. The van der Waals surface area contributed by atoms with E-state index >= 15 is 0 Å². The van der Waals surface area contributed by atoms with Gasteiger partial charge in [-0.25, -0.2) is 18.2 Å². The Bertz CT molecular complexity index is 766. The monoisotopic (exact) mass is 312 g/mol. The summed E-state index contributed by atoms with van der Waals surface area (Å²) >= 11 is 1.17. The number of sulfonamides is 1. The minimum atomic E-state index is -3.85. The van der Waals surface area contributed by atoms with Gasteiger partial charge in [-0.2, -0.15) is 0 Å². The standard InChI is InChI=1S/C12H12N2O4S2/c1-7-6-19-12(13-7)14-20(17,18)10-5-3-4-9(8(10)2)11(15)16/h3-6H,1-2H3,(H,13,14)(H,15,16). The number of carbonyl (C=O) groups is 1. The molecule has 0 bridgehead atoms. The summed E-state index contributed by atoms with van der Waals surface area (Å²) < 4.78 is 26.9. The number of carboxylic acids is 1. The van der Waals surface area contributed by atoms with Gasteiger partial charge in [0.25, 0.3) is 10.0 Å². The molecule has 0 saturated carbocycles. The molecule has 20 heavy (non-hydrogen) atoms. The molecule has 0 amide bonds. The van der Waals surface area contributed by atoms with E-state index in [1.54, 1.807) is 12.3 Å². The predicted molar refractivity (Wildman–Crippen MR) is 75.8 cm³/mol. The highest BCUT2D eigenvalue weighted by Gasteiger charge is 2.21. The third-order valence-corrected chi connectivity index (χ3v) is 5.13. The van der Waals surface area contributed by atoms with Crippen LogP contribution in [0, 0.1) is 13.8 Å². The zero-order valence-corrected chi connectivity index (χ0v) is 12.4. The maximum absolute atomic E-state index is 12.3. The number of carboxylic acid groups (broad SMARTS) is 1. The average molecular weight is 312 g/mol. The van der Waals surface area contributed by atoms with Gasteiger partial charge in [-0.05, 0) is 31.5 Å². The predicted octanol–water partition coefficient (Wildman–Crippen LogP) is 2.26. The van der Waals surface area contributed by atoms with E-state index < -0.39 is 16.0 Å². The second-order valence-corrected chi connectivity index (χ2v) is 6.64. The molecule has 8 heteroatoms. The van der Waals surface area contributed by atoms with Crippen molar-refractivity contribution in [1.29, 1.82) is 0 Å². The van der Waals surface area contributed by atoms with E-state index in [0.717, 1.165) is 0 Å². The first-order valence-electron chi connectivity index (χ1n) is 5.59. The molecule has 2 aromatic rings. The van der Waals surface area contributed by atoms with Crippen molar-refractivity contribution in [2.45, 2.75) is 18.7 Å². The van der Waals surface area contributed by atoms with Crippen LogP contribution in [-0.2, 0) is 10.0 Å². The molecule has 0 fully saturated rings. The molecule has 0 aliphatic rings. The van der Waals surface area contributed by atoms with Gasteiger partial charge in [0.1, 0.15) is 0 Å². The Morgan fingerprint density at radius 1 is 1.35 bits per heavy atom. The van der Waals surface area contributed by atoms with Gasteiger partial charge < -0.3 is 5.11 Å². The highest BCUT2D eigenvalue weighted by Crippen LogP contribution is 2.23. The van der Waals surface area contributed by atoms with Gasteiger partial charge in [0.15, 0.2) is 5.13 Å². The number of aryl methyl sites for hydroxylation is 1. The van der Waals surface area contributed by atoms with E-state index in [1.807, 2.05) is 0 Å². The van der Waals surface area contributed by atoms with E-state index in [2.05, 4.69) is 9.71 Å².